The number of ether oxygens (including phenoxy) is 1. The number of hydrogen-bond acceptors (Lipinski definition) is 6. The molecule has 2 heterocycles. The van der Waals surface area contributed by atoms with Crippen molar-refractivity contribution < 1.29 is 9.84 Å². The second kappa shape index (κ2) is 7.46. The van der Waals surface area contributed by atoms with E-state index in [0.29, 0.717) is 17.9 Å². The summed E-state index contributed by atoms with van der Waals surface area (Å²) in [5.74, 6) is 0.770. The van der Waals surface area contributed by atoms with E-state index in [0.717, 1.165) is 15.4 Å². The third kappa shape index (κ3) is 3.42. The number of thiazole rings is 1. The van der Waals surface area contributed by atoms with Crippen molar-refractivity contribution in [2.75, 3.05) is 13.7 Å². The van der Waals surface area contributed by atoms with Crippen molar-refractivity contribution >= 4 is 28.9 Å². The Kier molecular flexibility index (Phi) is 5.12. The molecule has 0 aliphatic carbocycles. The average molecular weight is 359 g/mol. The van der Waals surface area contributed by atoms with E-state index in [-0.39, 0.29) is 5.75 Å². The van der Waals surface area contributed by atoms with Crippen LogP contribution < -0.4 is 9.54 Å². The van der Waals surface area contributed by atoms with E-state index in [2.05, 4.69) is 10.1 Å². The number of phenolic OH excluding ortho intramolecular Hbond substituents is 1. The van der Waals surface area contributed by atoms with Gasteiger partial charge in [0.2, 0.25) is 4.80 Å². The van der Waals surface area contributed by atoms with Crippen molar-refractivity contribution in [1.29, 1.82) is 0 Å². The zero-order chi connectivity index (χ0) is 16.9. The molecule has 124 valence electrons. The number of nitrogens with zero attached hydrogens (tertiary/aromatic N) is 3. The highest BCUT2D eigenvalue weighted by molar-refractivity contribution is 7.14. The molecular formula is C17H17N3O2S2. The van der Waals surface area contributed by atoms with Gasteiger partial charge >= 0.3 is 0 Å². The summed E-state index contributed by atoms with van der Waals surface area (Å²) in [6.07, 6.45) is 1.63. The molecule has 0 aliphatic rings. The molecule has 3 rings (SSSR count). The molecule has 7 heteroatoms. The molecule has 0 fully saturated rings. The molecule has 0 amide bonds. The van der Waals surface area contributed by atoms with Crippen LogP contribution in [0.4, 0.5) is 0 Å². The quantitative estimate of drug-likeness (QED) is 0.705. The van der Waals surface area contributed by atoms with Crippen LogP contribution in [-0.2, 0) is 0 Å². The summed E-state index contributed by atoms with van der Waals surface area (Å²) in [7, 11) is 1.74. The molecule has 5 nitrogen and oxygen atoms in total. The minimum Gasteiger partial charge on any atom is -0.507 e. The molecule has 0 spiro atoms. The monoisotopic (exact) mass is 359 g/mol. The number of aromatic hydroxyl groups is 1. The van der Waals surface area contributed by atoms with E-state index in [4.69, 9.17) is 4.74 Å². The predicted octanol–water partition coefficient (Wildman–Crippen LogP) is 3.80. The Bertz CT molecular complexity index is 908. The van der Waals surface area contributed by atoms with Crippen molar-refractivity contribution in [2.24, 2.45) is 10.1 Å². The highest BCUT2D eigenvalue weighted by atomic mass is 32.1. The van der Waals surface area contributed by atoms with Crippen molar-refractivity contribution in [3.8, 4) is 22.1 Å². The molecule has 0 saturated heterocycles. The largest absolute Gasteiger partial charge is 0.507 e. The Morgan fingerprint density at radius 1 is 1.29 bits per heavy atom. The molecule has 0 bridgehead atoms. The summed E-state index contributed by atoms with van der Waals surface area (Å²) in [5, 5.41) is 18.7. The second-order valence-electron chi connectivity index (χ2n) is 4.81. The minimum atomic E-state index is 0.133. The topological polar surface area (TPSA) is 59.1 Å². The van der Waals surface area contributed by atoms with Gasteiger partial charge in [0.05, 0.1) is 23.4 Å². The SMILES string of the molecule is CCOc1ccc(C=Nn2c(-c3cccs3)csc2=NC)c(O)c1. The van der Waals surface area contributed by atoms with Gasteiger partial charge in [-0.25, -0.2) is 4.68 Å². The molecule has 3 aromatic rings. The van der Waals surface area contributed by atoms with E-state index in [9.17, 15) is 5.11 Å². The maximum atomic E-state index is 10.1. The Hall–Kier alpha value is -2.38. The average Bonchev–Trinajstić information content (AvgIpc) is 3.23. The van der Waals surface area contributed by atoms with Gasteiger partial charge in [-0.2, -0.15) is 5.10 Å². The van der Waals surface area contributed by atoms with Gasteiger partial charge < -0.3 is 9.84 Å². The van der Waals surface area contributed by atoms with Gasteiger partial charge in [0.15, 0.2) is 0 Å². The van der Waals surface area contributed by atoms with E-state index < -0.39 is 0 Å². The van der Waals surface area contributed by atoms with Gasteiger partial charge in [-0.15, -0.1) is 22.7 Å². The Morgan fingerprint density at radius 3 is 2.83 bits per heavy atom. The molecule has 1 aromatic carbocycles. The molecule has 0 saturated carbocycles. The van der Waals surface area contributed by atoms with Crippen LogP contribution in [0.5, 0.6) is 11.5 Å². The first-order chi connectivity index (χ1) is 11.7. The fourth-order valence-corrected chi connectivity index (χ4v) is 3.76. The van der Waals surface area contributed by atoms with E-state index in [1.54, 1.807) is 41.4 Å². The van der Waals surface area contributed by atoms with Gasteiger partial charge in [-0.1, -0.05) is 6.07 Å². The second-order valence-corrected chi connectivity index (χ2v) is 6.60. The fourth-order valence-electron chi connectivity index (χ4n) is 2.17. The summed E-state index contributed by atoms with van der Waals surface area (Å²) >= 11 is 3.18. The van der Waals surface area contributed by atoms with Crippen molar-refractivity contribution in [3.05, 3.63) is 51.5 Å². The highest BCUT2D eigenvalue weighted by Crippen LogP contribution is 2.26. The van der Waals surface area contributed by atoms with Crippen LogP contribution in [-0.4, -0.2) is 29.7 Å². The first-order valence-electron chi connectivity index (χ1n) is 7.40. The van der Waals surface area contributed by atoms with Gasteiger partial charge in [0, 0.05) is 24.1 Å². The maximum Gasteiger partial charge on any atom is 0.205 e. The lowest BCUT2D eigenvalue weighted by Crippen LogP contribution is -2.11. The fraction of sp³-hybridized carbons (Fsp3) is 0.176. The normalized spacial score (nSPS) is 12.2. The first-order valence-corrected chi connectivity index (χ1v) is 9.16. The lowest BCUT2D eigenvalue weighted by Gasteiger charge is -2.05. The predicted molar refractivity (Wildman–Crippen MR) is 99.4 cm³/mol. The standard InChI is InChI=1S/C17H17N3O2S2/c1-3-22-13-7-6-12(15(21)9-13)10-19-20-14(11-24-17(20)18-2)16-5-4-8-23-16/h4-11,21H,3H2,1-2H3. The minimum absolute atomic E-state index is 0.133. The van der Waals surface area contributed by atoms with Crippen molar-refractivity contribution in [1.82, 2.24) is 4.68 Å². The maximum absolute atomic E-state index is 10.1. The highest BCUT2D eigenvalue weighted by Gasteiger charge is 2.08. The lowest BCUT2D eigenvalue weighted by atomic mass is 10.2. The summed E-state index contributed by atoms with van der Waals surface area (Å²) in [5.41, 5.74) is 1.61. The van der Waals surface area contributed by atoms with Gasteiger partial charge in [0.25, 0.3) is 0 Å². The van der Waals surface area contributed by atoms with Gasteiger partial charge in [-0.3, -0.25) is 4.99 Å². The van der Waals surface area contributed by atoms with Crippen LogP contribution in [0, 0.1) is 0 Å². The van der Waals surface area contributed by atoms with Crippen LogP contribution in [0.3, 0.4) is 0 Å². The Labute approximate surface area is 147 Å². The number of benzene rings is 1. The molecule has 1 N–H and O–H groups in total. The third-order valence-electron chi connectivity index (χ3n) is 3.28. The first kappa shape index (κ1) is 16.5. The molecule has 24 heavy (non-hydrogen) atoms. The number of thiophene rings is 1. The Balaban J connectivity index is 1.97. The van der Waals surface area contributed by atoms with E-state index in [1.165, 1.54) is 11.3 Å². The van der Waals surface area contributed by atoms with E-state index in [1.807, 2.05) is 35.9 Å². The van der Waals surface area contributed by atoms with Crippen LogP contribution in [0.15, 0.2) is 51.2 Å². The van der Waals surface area contributed by atoms with Crippen molar-refractivity contribution in [3.63, 3.8) is 0 Å². The lowest BCUT2D eigenvalue weighted by molar-refractivity contribution is 0.337. The molecule has 0 unspecified atom stereocenters. The van der Waals surface area contributed by atoms with Crippen LogP contribution in [0.1, 0.15) is 12.5 Å². The zero-order valence-corrected chi connectivity index (χ0v) is 15.0. The third-order valence-corrected chi connectivity index (χ3v) is 5.08. The number of aromatic nitrogens is 1. The summed E-state index contributed by atoms with van der Waals surface area (Å²) in [6, 6.07) is 9.24. The number of hydrogen-bond donors (Lipinski definition) is 1. The molecule has 0 atom stereocenters. The zero-order valence-electron chi connectivity index (χ0n) is 13.3. The summed E-state index contributed by atoms with van der Waals surface area (Å²) in [6.45, 7) is 2.46. The summed E-state index contributed by atoms with van der Waals surface area (Å²) in [4.78, 5) is 6.18. The Morgan fingerprint density at radius 2 is 2.17 bits per heavy atom. The molecular weight excluding hydrogens is 342 g/mol. The smallest absolute Gasteiger partial charge is 0.205 e. The molecule has 0 aliphatic heterocycles. The summed E-state index contributed by atoms with van der Waals surface area (Å²) < 4.78 is 7.16. The van der Waals surface area contributed by atoms with Crippen LogP contribution >= 0.6 is 22.7 Å². The number of rotatable bonds is 5. The molecule has 0 radical (unpaired) electrons. The number of phenols is 1. The van der Waals surface area contributed by atoms with Crippen molar-refractivity contribution in [2.45, 2.75) is 6.92 Å². The molecule has 2 aromatic heterocycles. The van der Waals surface area contributed by atoms with Crippen LogP contribution in [0.25, 0.3) is 10.6 Å². The van der Waals surface area contributed by atoms with E-state index >= 15 is 0 Å². The van der Waals surface area contributed by atoms with Gasteiger partial charge in [-0.05, 0) is 30.5 Å². The van der Waals surface area contributed by atoms with Gasteiger partial charge in [0.1, 0.15) is 11.5 Å². The van der Waals surface area contributed by atoms with Crippen LogP contribution in [0.2, 0.25) is 0 Å².